The predicted molar refractivity (Wildman–Crippen MR) is 93.8 cm³/mol. The molecule has 1 fully saturated rings. The van der Waals surface area contributed by atoms with Crippen LogP contribution in [0.1, 0.15) is 47.3 Å². The van der Waals surface area contributed by atoms with Crippen LogP contribution in [0.15, 0.2) is 0 Å². The van der Waals surface area contributed by atoms with E-state index in [1.165, 1.54) is 37.7 Å². The molecule has 0 aromatic carbocycles. The molecule has 2 aromatic rings. The van der Waals surface area contributed by atoms with Gasteiger partial charge in [-0.3, -0.25) is 0 Å². The monoisotopic (exact) mass is 353 g/mol. The molecular formula is C16H20ClN3O2S. The third-order valence-corrected chi connectivity index (χ3v) is 5.91. The number of rotatable bonds is 3. The standard InChI is InChI=1S/C16H20ClN3O2S/c1-9-11-13(20(2)10-7-5-4-6-8-10)18-16(17)19-14(11)23-12(9)15(21)22-3/h10H,4-8H2,1-3H3. The van der Waals surface area contributed by atoms with Crippen molar-refractivity contribution in [1.29, 1.82) is 0 Å². The second-order valence-electron chi connectivity index (χ2n) is 5.95. The smallest absolute Gasteiger partial charge is 0.348 e. The van der Waals surface area contributed by atoms with Gasteiger partial charge in [-0.1, -0.05) is 19.3 Å². The Morgan fingerprint density at radius 2 is 2.00 bits per heavy atom. The first kappa shape index (κ1) is 16.5. The number of methoxy groups -OCH3 is 1. The molecule has 0 saturated heterocycles. The number of halogens is 1. The van der Waals surface area contributed by atoms with E-state index < -0.39 is 0 Å². The van der Waals surface area contributed by atoms with Gasteiger partial charge < -0.3 is 9.64 Å². The Morgan fingerprint density at radius 3 is 2.65 bits per heavy atom. The number of fused-ring (bicyclic) bond motifs is 1. The summed E-state index contributed by atoms with van der Waals surface area (Å²) in [6, 6.07) is 0.457. The van der Waals surface area contributed by atoms with Crippen molar-refractivity contribution in [3.63, 3.8) is 0 Å². The predicted octanol–water partition coefficient (Wildman–Crippen LogP) is 4.21. The maximum Gasteiger partial charge on any atom is 0.348 e. The first-order chi connectivity index (χ1) is 11.0. The zero-order chi connectivity index (χ0) is 16.6. The molecular weight excluding hydrogens is 334 g/mol. The maximum absolute atomic E-state index is 12.0. The van der Waals surface area contributed by atoms with E-state index in [2.05, 4.69) is 21.9 Å². The normalized spacial score (nSPS) is 15.8. The lowest BCUT2D eigenvalue weighted by atomic mass is 9.94. The Labute approximate surface area is 144 Å². The summed E-state index contributed by atoms with van der Waals surface area (Å²) in [6.45, 7) is 1.92. The number of aromatic nitrogens is 2. The molecule has 1 aliphatic rings. The van der Waals surface area contributed by atoms with Gasteiger partial charge in [-0.05, 0) is 36.9 Å². The number of anilines is 1. The fraction of sp³-hybridized carbons (Fsp3) is 0.562. The van der Waals surface area contributed by atoms with E-state index in [4.69, 9.17) is 16.3 Å². The third-order valence-electron chi connectivity index (χ3n) is 4.57. The Bertz CT molecular complexity index is 740. The minimum Gasteiger partial charge on any atom is -0.465 e. The van der Waals surface area contributed by atoms with Crippen LogP contribution in [0.5, 0.6) is 0 Å². The van der Waals surface area contributed by atoms with Crippen LogP contribution < -0.4 is 4.90 Å². The lowest BCUT2D eigenvalue weighted by molar-refractivity contribution is 0.0605. The van der Waals surface area contributed by atoms with Crippen LogP contribution in [-0.2, 0) is 4.74 Å². The van der Waals surface area contributed by atoms with Crippen LogP contribution in [0, 0.1) is 6.92 Å². The lowest BCUT2D eigenvalue weighted by Gasteiger charge is -2.32. The Morgan fingerprint density at radius 1 is 1.30 bits per heavy atom. The Balaban J connectivity index is 2.11. The molecule has 0 atom stereocenters. The lowest BCUT2D eigenvalue weighted by Crippen LogP contribution is -2.34. The average molecular weight is 354 g/mol. The first-order valence-electron chi connectivity index (χ1n) is 7.80. The number of carbonyl (C=O) groups is 1. The highest BCUT2D eigenvalue weighted by molar-refractivity contribution is 7.20. The van der Waals surface area contributed by atoms with Gasteiger partial charge in [0.25, 0.3) is 0 Å². The molecule has 7 heteroatoms. The van der Waals surface area contributed by atoms with E-state index in [0.717, 1.165) is 34.4 Å². The number of carbonyl (C=O) groups excluding carboxylic acids is 1. The van der Waals surface area contributed by atoms with E-state index in [1.54, 1.807) is 0 Å². The van der Waals surface area contributed by atoms with Gasteiger partial charge in [-0.25, -0.2) is 9.78 Å². The number of ether oxygens (including phenoxy) is 1. The maximum atomic E-state index is 12.0. The van der Waals surface area contributed by atoms with Gasteiger partial charge in [0, 0.05) is 13.1 Å². The number of hydrogen-bond donors (Lipinski definition) is 0. The van der Waals surface area contributed by atoms with Gasteiger partial charge in [-0.15, -0.1) is 11.3 Å². The number of hydrogen-bond acceptors (Lipinski definition) is 6. The quantitative estimate of drug-likeness (QED) is 0.611. The van der Waals surface area contributed by atoms with Gasteiger partial charge >= 0.3 is 5.97 Å². The first-order valence-corrected chi connectivity index (χ1v) is 9.00. The zero-order valence-corrected chi connectivity index (χ0v) is 15.1. The van der Waals surface area contributed by atoms with Crippen molar-refractivity contribution in [2.45, 2.75) is 45.1 Å². The van der Waals surface area contributed by atoms with Gasteiger partial charge in [0.05, 0.1) is 12.5 Å². The number of thiophene rings is 1. The highest BCUT2D eigenvalue weighted by atomic mass is 35.5. The summed E-state index contributed by atoms with van der Waals surface area (Å²) in [5, 5.41) is 1.13. The molecule has 1 saturated carbocycles. The van der Waals surface area contributed by atoms with Crippen molar-refractivity contribution >= 4 is 44.9 Å². The summed E-state index contributed by atoms with van der Waals surface area (Å²) in [5.41, 5.74) is 0.867. The molecule has 23 heavy (non-hydrogen) atoms. The molecule has 0 unspecified atom stereocenters. The van der Waals surface area contributed by atoms with Gasteiger partial charge in [0.1, 0.15) is 15.5 Å². The summed E-state index contributed by atoms with van der Waals surface area (Å²) in [7, 11) is 3.45. The van der Waals surface area contributed by atoms with Crippen LogP contribution in [0.25, 0.3) is 10.2 Å². The van der Waals surface area contributed by atoms with Crippen LogP contribution in [0.4, 0.5) is 5.82 Å². The van der Waals surface area contributed by atoms with E-state index in [9.17, 15) is 4.79 Å². The summed E-state index contributed by atoms with van der Waals surface area (Å²) < 4.78 is 4.87. The molecule has 0 spiro atoms. The van der Waals surface area contributed by atoms with Gasteiger partial charge in [0.15, 0.2) is 0 Å². The minimum atomic E-state index is -0.340. The van der Waals surface area contributed by atoms with Crippen LogP contribution in [0.3, 0.4) is 0 Å². The topological polar surface area (TPSA) is 55.3 Å². The molecule has 0 aliphatic heterocycles. The van der Waals surface area contributed by atoms with Crippen LogP contribution in [-0.4, -0.2) is 36.1 Å². The Hall–Kier alpha value is -1.40. The van der Waals surface area contributed by atoms with Crippen molar-refractivity contribution in [3.05, 3.63) is 15.7 Å². The van der Waals surface area contributed by atoms with E-state index in [-0.39, 0.29) is 11.3 Å². The summed E-state index contributed by atoms with van der Waals surface area (Å²) in [6.07, 6.45) is 6.10. The summed E-state index contributed by atoms with van der Waals surface area (Å²) in [5.74, 6) is 0.476. The average Bonchev–Trinajstić information content (AvgIpc) is 2.90. The highest BCUT2D eigenvalue weighted by Gasteiger charge is 2.26. The van der Waals surface area contributed by atoms with Crippen LogP contribution in [0.2, 0.25) is 5.28 Å². The molecule has 0 amide bonds. The van der Waals surface area contributed by atoms with E-state index in [1.807, 2.05) is 6.92 Å². The number of nitrogens with zero attached hydrogens (tertiary/aromatic N) is 3. The van der Waals surface area contributed by atoms with Crippen molar-refractivity contribution < 1.29 is 9.53 Å². The van der Waals surface area contributed by atoms with Crippen molar-refractivity contribution in [2.24, 2.45) is 0 Å². The zero-order valence-electron chi connectivity index (χ0n) is 13.6. The molecule has 0 radical (unpaired) electrons. The molecule has 2 aromatic heterocycles. The fourth-order valence-electron chi connectivity index (χ4n) is 3.28. The molecule has 124 valence electrons. The minimum absolute atomic E-state index is 0.216. The van der Waals surface area contributed by atoms with Crippen molar-refractivity contribution in [2.75, 3.05) is 19.1 Å². The molecule has 3 rings (SSSR count). The third kappa shape index (κ3) is 3.02. The second-order valence-corrected chi connectivity index (χ2v) is 7.28. The molecule has 0 N–H and O–H groups in total. The molecule has 0 bridgehead atoms. The van der Waals surface area contributed by atoms with Crippen molar-refractivity contribution in [3.8, 4) is 0 Å². The van der Waals surface area contributed by atoms with E-state index >= 15 is 0 Å². The van der Waals surface area contributed by atoms with Gasteiger partial charge in [0.2, 0.25) is 5.28 Å². The Kier molecular flexibility index (Phi) is 4.73. The SMILES string of the molecule is COC(=O)c1sc2nc(Cl)nc(N(C)C3CCCCC3)c2c1C. The second kappa shape index (κ2) is 6.61. The van der Waals surface area contributed by atoms with Crippen LogP contribution >= 0.6 is 22.9 Å². The van der Waals surface area contributed by atoms with Crippen molar-refractivity contribution in [1.82, 2.24) is 9.97 Å². The summed E-state index contributed by atoms with van der Waals surface area (Å²) in [4.78, 5) is 24.2. The fourth-order valence-corrected chi connectivity index (χ4v) is 4.58. The van der Waals surface area contributed by atoms with Gasteiger partial charge in [-0.2, -0.15) is 4.98 Å². The molecule has 2 heterocycles. The number of esters is 1. The largest absolute Gasteiger partial charge is 0.465 e. The highest BCUT2D eigenvalue weighted by Crippen LogP contribution is 2.38. The summed E-state index contributed by atoms with van der Waals surface area (Å²) >= 11 is 7.44. The molecule has 1 aliphatic carbocycles. The molecule has 5 nitrogen and oxygen atoms in total. The van der Waals surface area contributed by atoms with E-state index in [0.29, 0.717) is 10.9 Å². The number of aryl methyl sites for hydroxylation is 1.